The normalized spacial score (nSPS) is 12.3. The molecule has 0 saturated carbocycles. The Kier molecular flexibility index (Phi) is 1.92. The van der Waals surface area contributed by atoms with Gasteiger partial charge >= 0.3 is 0 Å². The predicted octanol–water partition coefficient (Wildman–Crippen LogP) is 1.18. The Balaban J connectivity index is 2.87. The standard InChI is InChI=1S/C10H14N4O/c1-6-7-8(13-12-6)11-5-14(9(7)15)10(2,3)4/h5H,1-4H3,(H,12,13). The second kappa shape index (κ2) is 2.92. The van der Waals surface area contributed by atoms with Crippen LogP contribution in [0.3, 0.4) is 0 Å². The van der Waals surface area contributed by atoms with Crippen LogP contribution in [0.5, 0.6) is 0 Å². The molecule has 0 radical (unpaired) electrons. The van der Waals surface area contributed by atoms with E-state index in [1.165, 1.54) is 0 Å². The van der Waals surface area contributed by atoms with E-state index < -0.39 is 0 Å². The maximum absolute atomic E-state index is 12.1. The lowest BCUT2D eigenvalue weighted by Crippen LogP contribution is -2.33. The second-order valence-electron chi connectivity index (χ2n) is 4.64. The van der Waals surface area contributed by atoms with Gasteiger partial charge in [0.05, 0.1) is 0 Å². The van der Waals surface area contributed by atoms with E-state index >= 15 is 0 Å². The number of hydrogen-bond acceptors (Lipinski definition) is 3. The van der Waals surface area contributed by atoms with Crippen molar-refractivity contribution in [3.05, 3.63) is 22.4 Å². The zero-order valence-electron chi connectivity index (χ0n) is 9.33. The molecule has 0 amide bonds. The molecule has 0 atom stereocenters. The van der Waals surface area contributed by atoms with E-state index in [0.717, 1.165) is 5.69 Å². The van der Waals surface area contributed by atoms with E-state index in [4.69, 9.17) is 0 Å². The van der Waals surface area contributed by atoms with Gasteiger partial charge in [-0.15, -0.1) is 0 Å². The van der Waals surface area contributed by atoms with Crippen molar-refractivity contribution in [3.63, 3.8) is 0 Å². The number of fused-ring (bicyclic) bond motifs is 1. The summed E-state index contributed by atoms with van der Waals surface area (Å²) in [6.45, 7) is 7.73. The summed E-state index contributed by atoms with van der Waals surface area (Å²) >= 11 is 0. The molecule has 15 heavy (non-hydrogen) atoms. The molecular weight excluding hydrogens is 192 g/mol. The van der Waals surface area contributed by atoms with Crippen LogP contribution in [0, 0.1) is 6.92 Å². The first-order valence-corrected chi connectivity index (χ1v) is 4.84. The Morgan fingerprint density at radius 2 is 2.07 bits per heavy atom. The summed E-state index contributed by atoms with van der Waals surface area (Å²) in [6, 6.07) is 0. The van der Waals surface area contributed by atoms with E-state index in [9.17, 15) is 4.79 Å². The fourth-order valence-electron chi connectivity index (χ4n) is 1.53. The van der Waals surface area contributed by atoms with Crippen molar-refractivity contribution in [1.82, 2.24) is 19.7 Å². The van der Waals surface area contributed by atoms with Crippen LogP contribution >= 0.6 is 0 Å². The summed E-state index contributed by atoms with van der Waals surface area (Å²) < 4.78 is 1.62. The molecule has 0 fully saturated rings. The molecule has 2 aromatic heterocycles. The first-order valence-electron chi connectivity index (χ1n) is 4.84. The van der Waals surface area contributed by atoms with Crippen LogP contribution in [0.4, 0.5) is 0 Å². The van der Waals surface area contributed by atoms with Gasteiger partial charge in [0, 0.05) is 11.2 Å². The number of aromatic nitrogens is 4. The zero-order chi connectivity index (χ0) is 11.2. The van der Waals surface area contributed by atoms with Gasteiger partial charge in [-0.1, -0.05) is 0 Å². The molecule has 2 heterocycles. The molecular formula is C10H14N4O. The molecule has 0 aliphatic rings. The number of nitrogens with zero attached hydrogens (tertiary/aromatic N) is 3. The first kappa shape index (κ1) is 9.89. The minimum Gasteiger partial charge on any atom is -0.293 e. The minimum absolute atomic E-state index is 0.0428. The molecule has 5 heteroatoms. The number of hydrogen-bond donors (Lipinski definition) is 1. The monoisotopic (exact) mass is 206 g/mol. The van der Waals surface area contributed by atoms with Gasteiger partial charge in [-0.25, -0.2) is 4.98 Å². The Morgan fingerprint density at radius 1 is 1.40 bits per heavy atom. The van der Waals surface area contributed by atoms with E-state index in [1.54, 1.807) is 10.9 Å². The first-order chi connectivity index (χ1) is 6.91. The van der Waals surface area contributed by atoms with Crippen LogP contribution < -0.4 is 5.56 Å². The molecule has 5 nitrogen and oxygen atoms in total. The minimum atomic E-state index is -0.262. The van der Waals surface area contributed by atoms with E-state index in [0.29, 0.717) is 11.0 Å². The highest BCUT2D eigenvalue weighted by Gasteiger charge is 2.18. The van der Waals surface area contributed by atoms with E-state index in [1.807, 2.05) is 27.7 Å². The van der Waals surface area contributed by atoms with Gasteiger partial charge in [-0.05, 0) is 27.7 Å². The van der Waals surface area contributed by atoms with Gasteiger partial charge in [-0.2, -0.15) is 5.10 Å². The van der Waals surface area contributed by atoms with Crippen LogP contribution in [0.15, 0.2) is 11.1 Å². The third kappa shape index (κ3) is 1.44. The highest BCUT2D eigenvalue weighted by atomic mass is 16.1. The fourth-order valence-corrected chi connectivity index (χ4v) is 1.53. The molecule has 0 aliphatic heterocycles. The van der Waals surface area contributed by atoms with Crippen molar-refractivity contribution in [2.75, 3.05) is 0 Å². The molecule has 1 N–H and O–H groups in total. The van der Waals surface area contributed by atoms with Gasteiger partial charge in [-0.3, -0.25) is 14.5 Å². The summed E-state index contributed by atoms with van der Waals surface area (Å²) in [7, 11) is 0. The zero-order valence-corrected chi connectivity index (χ0v) is 9.33. The smallest absolute Gasteiger partial charge is 0.265 e. The van der Waals surface area contributed by atoms with Gasteiger partial charge in [0.1, 0.15) is 11.7 Å². The Labute approximate surface area is 87.1 Å². The van der Waals surface area contributed by atoms with Gasteiger partial charge in [0.25, 0.3) is 5.56 Å². The molecule has 0 aliphatic carbocycles. The van der Waals surface area contributed by atoms with Crippen LogP contribution in [-0.4, -0.2) is 19.7 Å². The van der Waals surface area contributed by atoms with Crippen molar-refractivity contribution in [2.45, 2.75) is 33.2 Å². The molecule has 0 unspecified atom stereocenters. The molecule has 80 valence electrons. The molecule has 2 rings (SSSR count). The lowest BCUT2D eigenvalue weighted by Gasteiger charge is -2.21. The third-order valence-electron chi connectivity index (χ3n) is 2.38. The largest absolute Gasteiger partial charge is 0.293 e. The molecule has 0 bridgehead atoms. The summed E-state index contributed by atoms with van der Waals surface area (Å²) in [4.78, 5) is 16.3. The maximum atomic E-state index is 12.1. The summed E-state index contributed by atoms with van der Waals surface area (Å²) in [5.74, 6) is 0. The Bertz CT molecular complexity index is 559. The lowest BCUT2D eigenvalue weighted by molar-refractivity contribution is 0.382. The lowest BCUT2D eigenvalue weighted by atomic mass is 10.1. The highest BCUT2D eigenvalue weighted by Crippen LogP contribution is 2.13. The average molecular weight is 206 g/mol. The Morgan fingerprint density at radius 3 is 2.67 bits per heavy atom. The SMILES string of the molecule is Cc1[nH]nc2ncn(C(C)(C)C)c(=O)c12. The van der Waals surface area contributed by atoms with E-state index in [2.05, 4.69) is 15.2 Å². The van der Waals surface area contributed by atoms with Gasteiger partial charge in [0.2, 0.25) is 0 Å². The molecule has 0 saturated heterocycles. The van der Waals surface area contributed by atoms with Crippen molar-refractivity contribution >= 4 is 11.0 Å². The maximum Gasteiger partial charge on any atom is 0.265 e. The topological polar surface area (TPSA) is 63.6 Å². The quantitative estimate of drug-likeness (QED) is 0.704. The number of nitrogens with one attached hydrogen (secondary N) is 1. The summed E-state index contributed by atoms with van der Waals surface area (Å²) in [5, 5.41) is 7.30. The summed E-state index contributed by atoms with van der Waals surface area (Å²) in [5.41, 5.74) is 0.944. The Hall–Kier alpha value is -1.65. The van der Waals surface area contributed by atoms with Crippen molar-refractivity contribution in [1.29, 1.82) is 0 Å². The van der Waals surface area contributed by atoms with E-state index in [-0.39, 0.29) is 11.1 Å². The second-order valence-corrected chi connectivity index (χ2v) is 4.64. The van der Waals surface area contributed by atoms with Crippen molar-refractivity contribution in [3.8, 4) is 0 Å². The number of aryl methyl sites for hydroxylation is 1. The van der Waals surface area contributed by atoms with Gasteiger partial charge < -0.3 is 0 Å². The number of H-pyrrole nitrogens is 1. The van der Waals surface area contributed by atoms with Crippen LogP contribution in [-0.2, 0) is 5.54 Å². The van der Waals surface area contributed by atoms with Crippen molar-refractivity contribution < 1.29 is 0 Å². The van der Waals surface area contributed by atoms with Gasteiger partial charge in [0.15, 0.2) is 5.65 Å². The van der Waals surface area contributed by atoms with Crippen molar-refractivity contribution in [2.24, 2.45) is 0 Å². The fraction of sp³-hybridized carbons (Fsp3) is 0.500. The van der Waals surface area contributed by atoms with Crippen LogP contribution in [0.2, 0.25) is 0 Å². The molecule has 0 spiro atoms. The third-order valence-corrected chi connectivity index (χ3v) is 2.38. The molecule has 2 aromatic rings. The predicted molar refractivity (Wildman–Crippen MR) is 57.9 cm³/mol. The number of rotatable bonds is 0. The number of aromatic amines is 1. The molecule has 0 aromatic carbocycles. The van der Waals surface area contributed by atoms with Crippen LogP contribution in [0.1, 0.15) is 26.5 Å². The average Bonchev–Trinajstić information content (AvgIpc) is 2.46. The van der Waals surface area contributed by atoms with Crippen LogP contribution in [0.25, 0.3) is 11.0 Å². The highest BCUT2D eigenvalue weighted by molar-refractivity contribution is 5.75. The summed E-state index contributed by atoms with van der Waals surface area (Å²) in [6.07, 6.45) is 1.55.